The van der Waals surface area contributed by atoms with Crippen molar-refractivity contribution in [1.29, 1.82) is 0 Å². The van der Waals surface area contributed by atoms with E-state index in [4.69, 9.17) is 15.6 Å². The maximum absolute atomic E-state index is 13.3. The summed E-state index contributed by atoms with van der Waals surface area (Å²) in [6.07, 6.45) is 1.56. The number of nitrogens with two attached hydrogens (primary N) is 1. The zero-order valence-corrected chi connectivity index (χ0v) is 10.1. The predicted molar refractivity (Wildman–Crippen MR) is 70.7 cm³/mol. The fraction of sp³-hybridized carbons (Fsp3) is 0.154. The average Bonchev–Trinajstić information content (AvgIpc) is 2.41. The lowest BCUT2D eigenvalue weighted by molar-refractivity contribution is 0.311. The summed E-state index contributed by atoms with van der Waals surface area (Å²) in [5, 5.41) is 11.6. The van der Waals surface area contributed by atoms with E-state index >= 15 is 0 Å². The van der Waals surface area contributed by atoms with Gasteiger partial charge in [-0.2, -0.15) is 0 Å². The van der Waals surface area contributed by atoms with E-state index in [-0.39, 0.29) is 12.3 Å². The van der Waals surface area contributed by atoms with Crippen molar-refractivity contribution < 1.29 is 14.2 Å². The summed E-state index contributed by atoms with van der Waals surface area (Å²) in [6, 6.07) is 7.55. The van der Waals surface area contributed by atoms with Crippen LogP contribution in [0.15, 0.2) is 36.5 Å². The number of aromatic nitrogens is 1. The van der Waals surface area contributed by atoms with Crippen molar-refractivity contribution in [3.63, 3.8) is 0 Å². The molecule has 0 aliphatic heterocycles. The monoisotopic (exact) mass is 263 g/mol. The number of nitrogen functional groups attached to an aromatic ring is 1. The number of hydrogen-bond acceptors (Lipinski definition) is 5. The fourth-order valence-electron chi connectivity index (χ4n) is 1.46. The van der Waals surface area contributed by atoms with Crippen LogP contribution in [0.4, 0.5) is 15.9 Å². The highest BCUT2D eigenvalue weighted by molar-refractivity contribution is 5.46. The highest BCUT2D eigenvalue weighted by Gasteiger charge is 2.03. The van der Waals surface area contributed by atoms with Crippen LogP contribution in [0.2, 0.25) is 0 Å². The van der Waals surface area contributed by atoms with Gasteiger partial charge < -0.3 is 20.9 Å². The first-order chi connectivity index (χ1) is 9.19. The Labute approximate surface area is 109 Å². The van der Waals surface area contributed by atoms with E-state index in [1.807, 2.05) is 0 Å². The quantitative estimate of drug-likeness (QED) is 0.719. The molecule has 0 aliphatic carbocycles. The lowest BCUT2D eigenvalue weighted by Crippen LogP contribution is -2.06. The van der Waals surface area contributed by atoms with Crippen molar-refractivity contribution in [3.05, 3.63) is 42.3 Å². The molecular weight excluding hydrogens is 249 g/mol. The molecule has 0 atom stereocenters. The Balaban J connectivity index is 2.11. The van der Waals surface area contributed by atoms with Gasteiger partial charge in [0.25, 0.3) is 0 Å². The van der Waals surface area contributed by atoms with Crippen molar-refractivity contribution in [2.24, 2.45) is 0 Å². The van der Waals surface area contributed by atoms with E-state index in [0.717, 1.165) is 0 Å². The molecule has 0 saturated heterocycles. The summed E-state index contributed by atoms with van der Waals surface area (Å²) in [5.74, 6) is 0.915. The maximum Gasteiger partial charge on any atom is 0.149 e. The van der Waals surface area contributed by atoms with Crippen molar-refractivity contribution in [3.8, 4) is 11.5 Å². The van der Waals surface area contributed by atoms with Crippen LogP contribution < -0.4 is 15.8 Å². The van der Waals surface area contributed by atoms with Gasteiger partial charge in [-0.1, -0.05) is 0 Å². The van der Waals surface area contributed by atoms with Crippen LogP contribution in [0.5, 0.6) is 11.5 Å². The summed E-state index contributed by atoms with van der Waals surface area (Å²) in [4.78, 5) is 4.05. The van der Waals surface area contributed by atoms with Crippen molar-refractivity contribution in [1.82, 2.24) is 4.98 Å². The number of benzene rings is 1. The van der Waals surface area contributed by atoms with Gasteiger partial charge in [-0.3, -0.25) is 0 Å². The van der Waals surface area contributed by atoms with Gasteiger partial charge in [0.1, 0.15) is 23.1 Å². The number of nitrogens with zero attached hydrogens (tertiary/aromatic N) is 1. The van der Waals surface area contributed by atoms with Crippen LogP contribution in [0.25, 0.3) is 0 Å². The average molecular weight is 263 g/mol. The fourth-order valence-corrected chi connectivity index (χ4v) is 1.46. The molecule has 1 aromatic carbocycles. The number of aliphatic hydroxyl groups is 1. The summed E-state index contributed by atoms with van der Waals surface area (Å²) >= 11 is 0. The second-order valence-corrected chi connectivity index (χ2v) is 3.81. The van der Waals surface area contributed by atoms with Gasteiger partial charge in [0.05, 0.1) is 12.3 Å². The molecule has 0 saturated carbocycles. The first-order valence-corrected chi connectivity index (χ1v) is 5.72. The van der Waals surface area contributed by atoms with E-state index < -0.39 is 5.82 Å². The first kappa shape index (κ1) is 13.1. The SMILES string of the molecule is Nc1ccc(Oc2ccnc(NCCO)c2)cc1F. The van der Waals surface area contributed by atoms with Crippen LogP contribution in [0.3, 0.4) is 0 Å². The molecule has 0 radical (unpaired) electrons. The molecule has 0 amide bonds. The number of nitrogens with one attached hydrogen (secondary N) is 1. The van der Waals surface area contributed by atoms with E-state index in [9.17, 15) is 4.39 Å². The molecule has 4 N–H and O–H groups in total. The second kappa shape index (κ2) is 6.01. The number of anilines is 2. The van der Waals surface area contributed by atoms with Gasteiger partial charge in [0.2, 0.25) is 0 Å². The lowest BCUT2D eigenvalue weighted by Gasteiger charge is -2.08. The lowest BCUT2D eigenvalue weighted by atomic mass is 10.3. The van der Waals surface area contributed by atoms with E-state index in [1.54, 1.807) is 24.4 Å². The number of aliphatic hydroxyl groups excluding tert-OH is 1. The highest BCUT2D eigenvalue weighted by atomic mass is 19.1. The van der Waals surface area contributed by atoms with E-state index in [1.165, 1.54) is 12.1 Å². The van der Waals surface area contributed by atoms with E-state index in [2.05, 4.69) is 10.3 Å². The van der Waals surface area contributed by atoms with Crippen LogP contribution in [-0.2, 0) is 0 Å². The molecule has 2 aromatic rings. The Hall–Kier alpha value is -2.34. The van der Waals surface area contributed by atoms with Crippen molar-refractivity contribution >= 4 is 11.5 Å². The Morgan fingerprint density at radius 2 is 2.05 bits per heavy atom. The van der Waals surface area contributed by atoms with Gasteiger partial charge in [-0.05, 0) is 18.2 Å². The molecule has 2 rings (SSSR count). The third kappa shape index (κ3) is 3.56. The van der Waals surface area contributed by atoms with Crippen LogP contribution >= 0.6 is 0 Å². The smallest absolute Gasteiger partial charge is 0.149 e. The van der Waals surface area contributed by atoms with Gasteiger partial charge >= 0.3 is 0 Å². The molecule has 1 heterocycles. The predicted octanol–water partition coefficient (Wildman–Crippen LogP) is 2.00. The number of ether oxygens (including phenoxy) is 1. The zero-order chi connectivity index (χ0) is 13.7. The summed E-state index contributed by atoms with van der Waals surface area (Å²) in [6.45, 7) is 0.406. The Morgan fingerprint density at radius 3 is 2.79 bits per heavy atom. The number of hydrogen-bond donors (Lipinski definition) is 3. The van der Waals surface area contributed by atoms with Gasteiger partial charge in [-0.25, -0.2) is 9.37 Å². The molecule has 5 nitrogen and oxygen atoms in total. The molecule has 0 bridgehead atoms. The largest absolute Gasteiger partial charge is 0.457 e. The van der Waals surface area contributed by atoms with Crippen molar-refractivity contribution in [2.45, 2.75) is 0 Å². The zero-order valence-electron chi connectivity index (χ0n) is 10.1. The molecule has 0 unspecified atom stereocenters. The first-order valence-electron chi connectivity index (χ1n) is 5.72. The van der Waals surface area contributed by atoms with Crippen molar-refractivity contribution in [2.75, 3.05) is 24.2 Å². The Morgan fingerprint density at radius 1 is 1.26 bits per heavy atom. The molecule has 100 valence electrons. The Kier molecular flexibility index (Phi) is 4.15. The Bertz CT molecular complexity index is 563. The summed E-state index contributed by atoms with van der Waals surface area (Å²) < 4.78 is 18.8. The third-order valence-electron chi connectivity index (χ3n) is 2.36. The number of halogens is 1. The van der Waals surface area contributed by atoms with Crippen LogP contribution in [0, 0.1) is 5.82 Å². The van der Waals surface area contributed by atoms with Crippen LogP contribution in [0.1, 0.15) is 0 Å². The summed E-state index contributed by atoms with van der Waals surface area (Å²) in [5.41, 5.74) is 5.46. The normalized spacial score (nSPS) is 10.2. The topological polar surface area (TPSA) is 80.4 Å². The van der Waals surface area contributed by atoms with Gasteiger partial charge in [-0.15, -0.1) is 0 Å². The minimum absolute atomic E-state index is 0.00986. The number of pyridine rings is 1. The summed E-state index contributed by atoms with van der Waals surface area (Å²) in [7, 11) is 0. The minimum atomic E-state index is -0.523. The third-order valence-corrected chi connectivity index (χ3v) is 2.36. The van der Waals surface area contributed by atoms with Gasteiger partial charge in [0.15, 0.2) is 0 Å². The maximum atomic E-state index is 13.3. The molecule has 0 spiro atoms. The molecule has 19 heavy (non-hydrogen) atoms. The standard InChI is InChI=1S/C13H14FN3O2/c14-11-7-9(1-2-12(11)15)19-10-3-4-16-13(8-10)17-5-6-18/h1-4,7-8,18H,5-6,15H2,(H,16,17). The molecular formula is C13H14FN3O2. The molecule has 0 aliphatic rings. The van der Waals surface area contributed by atoms with Gasteiger partial charge in [0, 0.05) is 24.9 Å². The molecule has 0 fully saturated rings. The molecule has 6 heteroatoms. The molecule has 1 aromatic heterocycles. The number of rotatable bonds is 5. The second-order valence-electron chi connectivity index (χ2n) is 3.81. The van der Waals surface area contributed by atoms with Crippen LogP contribution in [-0.4, -0.2) is 23.2 Å². The minimum Gasteiger partial charge on any atom is -0.457 e. The van der Waals surface area contributed by atoms with E-state index in [0.29, 0.717) is 23.9 Å². The highest BCUT2D eigenvalue weighted by Crippen LogP contribution is 2.25.